The van der Waals surface area contributed by atoms with Crippen molar-refractivity contribution in [1.82, 2.24) is 4.90 Å². The second-order valence-electron chi connectivity index (χ2n) is 2.92. The van der Waals surface area contributed by atoms with Crippen molar-refractivity contribution in [2.45, 2.75) is 19.3 Å². The summed E-state index contributed by atoms with van der Waals surface area (Å²) in [5.74, 6) is -0.929. The van der Waals surface area contributed by atoms with Crippen LogP contribution in [0.25, 0.3) is 0 Å². The molecule has 0 bridgehead atoms. The molecule has 0 atom stereocenters. The summed E-state index contributed by atoms with van der Waals surface area (Å²) < 4.78 is 0. The van der Waals surface area contributed by atoms with Crippen LogP contribution in [0.1, 0.15) is 19.3 Å². The molecule has 0 unspecified atom stereocenters. The van der Waals surface area contributed by atoms with Gasteiger partial charge < -0.3 is 15.1 Å². The molecule has 0 aromatic rings. The van der Waals surface area contributed by atoms with Crippen molar-refractivity contribution in [1.29, 1.82) is 0 Å². The molecule has 0 rings (SSSR count). The van der Waals surface area contributed by atoms with Crippen LogP contribution in [0.3, 0.4) is 0 Å². The second-order valence-corrected chi connectivity index (χ2v) is 2.92. The highest BCUT2D eigenvalue weighted by Gasteiger charge is 1.93. The van der Waals surface area contributed by atoms with Crippen molar-refractivity contribution in [3.05, 3.63) is 12.3 Å². The summed E-state index contributed by atoms with van der Waals surface area (Å²) in [5.41, 5.74) is 0. The molecule has 0 radical (unpaired) electrons. The Morgan fingerprint density at radius 1 is 1.38 bits per heavy atom. The number of aliphatic hydroxyl groups excluding tert-OH is 1. The molecule has 0 spiro atoms. The summed E-state index contributed by atoms with van der Waals surface area (Å²) in [6.45, 7) is 1.05. The topological polar surface area (TPSA) is 60.8 Å². The van der Waals surface area contributed by atoms with Gasteiger partial charge in [-0.2, -0.15) is 0 Å². The third kappa shape index (κ3) is 8.88. The molecule has 13 heavy (non-hydrogen) atoms. The number of carboxylic acids is 1. The summed E-state index contributed by atoms with van der Waals surface area (Å²) in [4.78, 5) is 12.0. The number of rotatable bonds is 7. The van der Waals surface area contributed by atoms with E-state index in [4.69, 9.17) is 10.2 Å². The zero-order valence-corrected chi connectivity index (χ0v) is 7.94. The summed E-state index contributed by atoms with van der Waals surface area (Å²) in [5, 5.41) is 16.8. The van der Waals surface area contributed by atoms with Crippen LogP contribution in [0.4, 0.5) is 0 Å². The van der Waals surface area contributed by atoms with E-state index in [1.165, 1.54) is 0 Å². The predicted octanol–water partition coefficient (Wildman–Crippen LogP) is 0.679. The summed E-state index contributed by atoms with van der Waals surface area (Å²) in [6.07, 6.45) is 5.42. The molecule has 0 heterocycles. The summed E-state index contributed by atoms with van der Waals surface area (Å²) in [6, 6.07) is 0. The van der Waals surface area contributed by atoms with E-state index < -0.39 is 5.97 Å². The van der Waals surface area contributed by atoms with E-state index in [1.807, 2.05) is 11.9 Å². The third-order valence-corrected chi connectivity index (χ3v) is 1.64. The lowest BCUT2D eigenvalue weighted by Crippen LogP contribution is -2.12. The van der Waals surface area contributed by atoms with E-state index >= 15 is 0 Å². The van der Waals surface area contributed by atoms with Crippen LogP contribution in [-0.2, 0) is 4.79 Å². The smallest absolute Gasteiger partial charge is 0.329 e. The zero-order chi connectivity index (χ0) is 10.1. The lowest BCUT2D eigenvalue weighted by Gasteiger charge is -2.12. The Kier molecular flexibility index (Phi) is 7.01. The monoisotopic (exact) mass is 187 g/mol. The van der Waals surface area contributed by atoms with Gasteiger partial charge in [-0.25, -0.2) is 4.79 Å². The molecule has 4 nitrogen and oxygen atoms in total. The van der Waals surface area contributed by atoms with Crippen molar-refractivity contribution in [3.63, 3.8) is 0 Å². The van der Waals surface area contributed by atoms with Gasteiger partial charge in [-0.15, -0.1) is 0 Å². The minimum atomic E-state index is -0.929. The van der Waals surface area contributed by atoms with E-state index in [0.29, 0.717) is 0 Å². The van der Waals surface area contributed by atoms with Crippen LogP contribution >= 0.6 is 0 Å². The lowest BCUT2D eigenvalue weighted by atomic mass is 10.2. The molecule has 0 aromatic heterocycles. The highest BCUT2D eigenvalue weighted by atomic mass is 16.4. The van der Waals surface area contributed by atoms with Gasteiger partial charge in [0.15, 0.2) is 0 Å². The van der Waals surface area contributed by atoms with Crippen molar-refractivity contribution < 1.29 is 15.0 Å². The molecule has 0 aliphatic rings. The Hall–Kier alpha value is -1.03. The summed E-state index contributed by atoms with van der Waals surface area (Å²) in [7, 11) is 1.83. The van der Waals surface area contributed by atoms with Crippen LogP contribution in [0.5, 0.6) is 0 Å². The van der Waals surface area contributed by atoms with Gasteiger partial charge in [0.05, 0.1) is 0 Å². The first-order chi connectivity index (χ1) is 6.16. The molecule has 0 aliphatic carbocycles. The fourth-order valence-electron chi connectivity index (χ4n) is 0.915. The van der Waals surface area contributed by atoms with Gasteiger partial charge in [-0.1, -0.05) is 0 Å². The Bertz CT molecular complexity index is 168. The number of aliphatic carboxylic acids is 1. The standard InChI is InChI=1S/C9H17NO3/c1-10(7-5-9(12)13)6-3-2-4-8-11/h5,7,11H,2-4,6,8H2,1H3,(H,12,13)/b7-5+. The van der Waals surface area contributed by atoms with Gasteiger partial charge in [0.2, 0.25) is 0 Å². The van der Waals surface area contributed by atoms with E-state index in [-0.39, 0.29) is 6.61 Å². The molecule has 0 aliphatic heterocycles. The maximum Gasteiger partial charge on any atom is 0.329 e. The number of carbonyl (C=O) groups is 1. The number of nitrogens with zero attached hydrogens (tertiary/aromatic N) is 1. The number of carboxylic acid groups (broad SMARTS) is 1. The zero-order valence-electron chi connectivity index (χ0n) is 7.94. The first-order valence-electron chi connectivity index (χ1n) is 4.39. The first kappa shape index (κ1) is 12.0. The van der Waals surface area contributed by atoms with Crippen molar-refractivity contribution >= 4 is 5.97 Å². The Balaban J connectivity index is 3.40. The average Bonchev–Trinajstić information content (AvgIpc) is 2.09. The molecule has 0 fully saturated rings. The molecule has 0 aromatic carbocycles. The number of unbranched alkanes of at least 4 members (excludes halogenated alkanes) is 2. The van der Waals surface area contributed by atoms with Gasteiger partial charge in [0.25, 0.3) is 0 Å². The first-order valence-corrected chi connectivity index (χ1v) is 4.39. The van der Waals surface area contributed by atoms with Gasteiger partial charge in [0.1, 0.15) is 0 Å². The average molecular weight is 187 g/mol. The fourth-order valence-corrected chi connectivity index (χ4v) is 0.915. The van der Waals surface area contributed by atoms with Crippen molar-refractivity contribution in [3.8, 4) is 0 Å². The van der Waals surface area contributed by atoms with Crippen molar-refractivity contribution in [2.24, 2.45) is 0 Å². The number of hydrogen-bond acceptors (Lipinski definition) is 3. The molecular formula is C9H17NO3. The SMILES string of the molecule is CN(/C=C/C(=O)O)CCCCCO. The van der Waals surface area contributed by atoms with E-state index in [9.17, 15) is 4.79 Å². The van der Waals surface area contributed by atoms with Gasteiger partial charge >= 0.3 is 5.97 Å². The maximum atomic E-state index is 10.1. The highest BCUT2D eigenvalue weighted by Crippen LogP contribution is 1.96. The fraction of sp³-hybridized carbons (Fsp3) is 0.667. The van der Waals surface area contributed by atoms with Crippen molar-refractivity contribution in [2.75, 3.05) is 20.2 Å². The van der Waals surface area contributed by atoms with Crippen LogP contribution < -0.4 is 0 Å². The minimum absolute atomic E-state index is 0.231. The van der Waals surface area contributed by atoms with Gasteiger partial charge in [-0.05, 0) is 19.3 Å². The van der Waals surface area contributed by atoms with Crippen LogP contribution in [0.2, 0.25) is 0 Å². The largest absolute Gasteiger partial charge is 0.478 e. The quantitative estimate of drug-likeness (QED) is 0.454. The second kappa shape index (κ2) is 7.61. The van der Waals surface area contributed by atoms with E-state index in [0.717, 1.165) is 31.9 Å². The van der Waals surface area contributed by atoms with Crippen LogP contribution in [-0.4, -0.2) is 41.3 Å². The molecule has 2 N–H and O–H groups in total. The maximum absolute atomic E-state index is 10.1. The highest BCUT2D eigenvalue weighted by molar-refractivity contribution is 5.79. The van der Waals surface area contributed by atoms with E-state index in [2.05, 4.69) is 0 Å². The summed E-state index contributed by atoms with van der Waals surface area (Å²) >= 11 is 0. The molecule has 76 valence electrons. The van der Waals surface area contributed by atoms with Crippen LogP contribution in [0.15, 0.2) is 12.3 Å². The molecule has 0 saturated carbocycles. The Labute approximate surface area is 78.5 Å². The number of aliphatic hydroxyl groups is 1. The van der Waals surface area contributed by atoms with Crippen LogP contribution in [0, 0.1) is 0 Å². The molecule has 4 heteroatoms. The lowest BCUT2D eigenvalue weighted by molar-refractivity contribution is -0.131. The Morgan fingerprint density at radius 3 is 2.62 bits per heavy atom. The third-order valence-electron chi connectivity index (χ3n) is 1.64. The molecular weight excluding hydrogens is 170 g/mol. The van der Waals surface area contributed by atoms with E-state index in [1.54, 1.807) is 6.20 Å². The Morgan fingerprint density at radius 2 is 2.08 bits per heavy atom. The molecule has 0 saturated heterocycles. The minimum Gasteiger partial charge on any atom is -0.478 e. The predicted molar refractivity (Wildman–Crippen MR) is 50.3 cm³/mol. The number of hydrogen-bond donors (Lipinski definition) is 2. The van der Waals surface area contributed by atoms with Gasteiger partial charge in [0, 0.05) is 32.5 Å². The van der Waals surface area contributed by atoms with Gasteiger partial charge in [-0.3, -0.25) is 0 Å². The normalized spacial score (nSPS) is 10.6. The molecule has 0 amide bonds.